The Labute approximate surface area is 174 Å². The molecule has 2 atom stereocenters. The summed E-state index contributed by atoms with van der Waals surface area (Å²) in [5.41, 5.74) is 1.22. The summed E-state index contributed by atoms with van der Waals surface area (Å²) in [6.07, 6.45) is -1.06. The molecule has 0 aliphatic heterocycles. The van der Waals surface area contributed by atoms with Crippen LogP contribution in [0.15, 0.2) is 29.6 Å². The molecule has 8 heteroatoms. The van der Waals surface area contributed by atoms with Crippen LogP contribution in [0.2, 0.25) is 0 Å². The zero-order valence-electron chi connectivity index (χ0n) is 16.6. The zero-order chi connectivity index (χ0) is 20.7. The van der Waals surface area contributed by atoms with E-state index in [4.69, 9.17) is 21.1 Å². The van der Waals surface area contributed by atoms with Crippen LogP contribution < -0.4 is 10.1 Å². The summed E-state index contributed by atoms with van der Waals surface area (Å²) in [6, 6.07) is 6.94. The number of nitrogens with one attached hydrogen (secondary N) is 1. The summed E-state index contributed by atoms with van der Waals surface area (Å²) in [5, 5.41) is 15.8. The molecule has 6 nitrogen and oxygen atoms in total. The van der Waals surface area contributed by atoms with E-state index in [1.165, 1.54) is 0 Å². The fourth-order valence-electron chi connectivity index (χ4n) is 2.46. The van der Waals surface area contributed by atoms with Crippen molar-refractivity contribution < 1.29 is 19.4 Å². The topological polar surface area (TPSA) is 80.7 Å². The number of hydrogen-bond acceptors (Lipinski definition) is 6. The number of nitrogens with zero attached hydrogens (tertiary/aromatic N) is 1. The molecule has 0 aliphatic rings. The number of carbonyl (C=O) groups excluding carboxylic acids is 1. The fraction of sp³-hybridized carbons (Fsp3) is 0.500. The van der Waals surface area contributed by atoms with Gasteiger partial charge >= 0.3 is 6.09 Å². The van der Waals surface area contributed by atoms with Crippen LogP contribution in [0.1, 0.15) is 37.0 Å². The van der Waals surface area contributed by atoms with Crippen LogP contribution in [-0.4, -0.2) is 39.8 Å². The van der Waals surface area contributed by atoms with Crippen molar-refractivity contribution in [1.29, 1.82) is 0 Å². The summed E-state index contributed by atoms with van der Waals surface area (Å²) < 4.78 is 11.0. The molecule has 0 fully saturated rings. The first-order chi connectivity index (χ1) is 13.2. The van der Waals surface area contributed by atoms with E-state index in [0.29, 0.717) is 13.0 Å². The van der Waals surface area contributed by atoms with Crippen LogP contribution in [0.5, 0.6) is 5.75 Å². The Morgan fingerprint density at radius 2 is 2.00 bits per heavy atom. The molecule has 1 heterocycles. The minimum absolute atomic E-state index is 0.00865. The maximum atomic E-state index is 12.0. The third-order valence-electron chi connectivity index (χ3n) is 3.76. The summed E-state index contributed by atoms with van der Waals surface area (Å²) in [4.78, 5) is 16.4. The number of halogens is 1. The molecule has 1 amide bonds. The molecule has 1 aromatic heterocycles. The molecule has 0 saturated carbocycles. The number of alkyl carbamates (subject to hydrolysis) is 1. The number of carbonyl (C=O) groups is 1. The number of amides is 1. The van der Waals surface area contributed by atoms with Gasteiger partial charge in [-0.25, -0.2) is 9.78 Å². The number of aryl methyl sites for hydroxylation is 1. The van der Waals surface area contributed by atoms with Gasteiger partial charge in [-0.2, -0.15) is 0 Å². The maximum absolute atomic E-state index is 12.0. The molecule has 154 valence electrons. The van der Waals surface area contributed by atoms with Crippen molar-refractivity contribution in [3.63, 3.8) is 0 Å². The highest BCUT2D eigenvalue weighted by Gasteiger charge is 2.24. The summed E-state index contributed by atoms with van der Waals surface area (Å²) in [5.74, 6) is 0.735. The number of hydrogen-bond donors (Lipinski definition) is 2. The van der Waals surface area contributed by atoms with Crippen LogP contribution in [0.25, 0.3) is 0 Å². The second-order valence-corrected chi connectivity index (χ2v) is 8.84. The molecular formula is C20H27ClN2O4S. The Kier molecular flexibility index (Phi) is 8.10. The minimum Gasteiger partial charge on any atom is -0.487 e. The summed E-state index contributed by atoms with van der Waals surface area (Å²) >= 11 is 7.38. The predicted molar refractivity (Wildman–Crippen MR) is 111 cm³/mol. The number of aliphatic hydroxyl groups excluding tert-OH is 1. The van der Waals surface area contributed by atoms with Gasteiger partial charge in [0, 0.05) is 5.38 Å². The molecule has 2 N–H and O–H groups in total. The quantitative estimate of drug-likeness (QED) is 0.622. The first kappa shape index (κ1) is 22.5. The Morgan fingerprint density at radius 1 is 1.32 bits per heavy atom. The summed E-state index contributed by atoms with van der Waals surface area (Å²) in [6.45, 7) is 7.72. The van der Waals surface area contributed by atoms with Crippen LogP contribution in [0, 0.1) is 6.92 Å². The molecule has 0 saturated heterocycles. The lowest BCUT2D eigenvalue weighted by Gasteiger charge is -2.26. The smallest absolute Gasteiger partial charge is 0.407 e. The van der Waals surface area contributed by atoms with E-state index >= 15 is 0 Å². The van der Waals surface area contributed by atoms with Gasteiger partial charge < -0.3 is 19.9 Å². The lowest BCUT2D eigenvalue weighted by Crippen LogP contribution is -2.47. The van der Waals surface area contributed by atoms with Crippen molar-refractivity contribution in [1.82, 2.24) is 10.3 Å². The first-order valence-electron chi connectivity index (χ1n) is 9.02. The Hall–Kier alpha value is -1.83. The molecule has 28 heavy (non-hydrogen) atoms. The number of alkyl halides is 1. The number of benzene rings is 1. The Balaban J connectivity index is 1.94. The number of aromatic nitrogens is 1. The average Bonchev–Trinajstić information content (AvgIpc) is 3.03. The molecule has 2 aromatic rings. The largest absolute Gasteiger partial charge is 0.487 e. The fourth-order valence-corrected chi connectivity index (χ4v) is 3.27. The van der Waals surface area contributed by atoms with E-state index < -0.39 is 23.8 Å². The van der Waals surface area contributed by atoms with Crippen molar-refractivity contribution in [3.8, 4) is 5.75 Å². The second kappa shape index (κ2) is 10.1. The molecule has 0 aliphatic carbocycles. The van der Waals surface area contributed by atoms with Crippen LogP contribution in [-0.2, 0) is 17.8 Å². The van der Waals surface area contributed by atoms with Gasteiger partial charge in [-0.3, -0.25) is 0 Å². The van der Waals surface area contributed by atoms with Gasteiger partial charge in [0.2, 0.25) is 0 Å². The van der Waals surface area contributed by atoms with Gasteiger partial charge in [0.1, 0.15) is 18.0 Å². The van der Waals surface area contributed by atoms with Crippen LogP contribution in [0.3, 0.4) is 0 Å². The maximum Gasteiger partial charge on any atom is 0.407 e. The van der Waals surface area contributed by atoms with E-state index in [1.54, 1.807) is 32.1 Å². The van der Waals surface area contributed by atoms with Gasteiger partial charge in [0.15, 0.2) is 0 Å². The molecule has 1 aromatic carbocycles. The number of thiazole rings is 1. The molecule has 0 spiro atoms. The van der Waals surface area contributed by atoms with Gasteiger partial charge in [-0.15, -0.1) is 22.9 Å². The highest BCUT2D eigenvalue weighted by atomic mass is 35.5. The highest BCUT2D eigenvalue weighted by Crippen LogP contribution is 2.17. The van der Waals surface area contributed by atoms with Gasteiger partial charge in [-0.1, -0.05) is 12.1 Å². The third kappa shape index (κ3) is 7.66. The molecule has 0 radical (unpaired) electrons. The van der Waals surface area contributed by atoms with Crippen molar-refractivity contribution in [2.24, 2.45) is 0 Å². The molecule has 0 unspecified atom stereocenters. The average molecular weight is 427 g/mol. The Morgan fingerprint density at radius 3 is 2.54 bits per heavy atom. The normalized spacial score (nSPS) is 13.6. The highest BCUT2D eigenvalue weighted by molar-refractivity contribution is 7.09. The van der Waals surface area contributed by atoms with E-state index in [-0.39, 0.29) is 5.88 Å². The zero-order valence-corrected chi connectivity index (χ0v) is 18.1. The SMILES string of the molecule is Cc1nc(COc2ccc(C[C@H](NC(=O)OC(C)(C)C)[C@H](O)CCl)cc2)cs1. The monoisotopic (exact) mass is 426 g/mol. The number of ether oxygens (including phenoxy) is 2. The lowest BCUT2D eigenvalue weighted by molar-refractivity contribution is 0.0440. The van der Waals surface area contributed by atoms with Gasteiger partial charge in [0.25, 0.3) is 0 Å². The molecule has 2 rings (SSSR count). The Bertz CT molecular complexity index is 758. The standard InChI is InChI=1S/C20H27ClN2O4S/c1-13-22-15(12-28-13)11-26-16-7-5-14(6-8-16)9-17(18(24)10-21)23-19(25)27-20(2,3)4/h5-8,12,17-18,24H,9-11H2,1-4H3,(H,23,25)/t17-,18+/m0/s1. The van der Waals surface area contributed by atoms with Gasteiger partial charge in [-0.05, 0) is 51.8 Å². The van der Waals surface area contributed by atoms with Crippen molar-refractivity contribution in [3.05, 3.63) is 45.9 Å². The van der Waals surface area contributed by atoms with Crippen molar-refractivity contribution in [2.45, 2.75) is 58.5 Å². The first-order valence-corrected chi connectivity index (χ1v) is 10.4. The number of rotatable bonds is 8. The summed E-state index contributed by atoms with van der Waals surface area (Å²) in [7, 11) is 0. The van der Waals surface area contributed by atoms with E-state index in [1.807, 2.05) is 36.6 Å². The van der Waals surface area contributed by atoms with Crippen LogP contribution in [0.4, 0.5) is 4.79 Å². The van der Waals surface area contributed by atoms with E-state index in [0.717, 1.165) is 22.0 Å². The molecule has 0 bridgehead atoms. The number of aliphatic hydroxyl groups is 1. The van der Waals surface area contributed by atoms with Crippen molar-refractivity contribution in [2.75, 3.05) is 5.88 Å². The van der Waals surface area contributed by atoms with E-state index in [9.17, 15) is 9.90 Å². The third-order valence-corrected chi connectivity index (χ3v) is 4.90. The second-order valence-electron chi connectivity index (χ2n) is 7.47. The van der Waals surface area contributed by atoms with Crippen LogP contribution >= 0.6 is 22.9 Å². The van der Waals surface area contributed by atoms with E-state index in [2.05, 4.69) is 10.3 Å². The predicted octanol–water partition coefficient (Wildman–Crippen LogP) is 4.07. The van der Waals surface area contributed by atoms with Gasteiger partial charge in [0.05, 0.1) is 28.7 Å². The van der Waals surface area contributed by atoms with Crippen molar-refractivity contribution >= 4 is 29.0 Å². The molecular weight excluding hydrogens is 400 g/mol. The minimum atomic E-state index is -0.891. The lowest BCUT2D eigenvalue weighted by atomic mass is 10.0.